The number of hydrogen-bond donors (Lipinski definition) is 2. The van der Waals surface area contributed by atoms with Gasteiger partial charge in [0.2, 0.25) is 0 Å². The second kappa shape index (κ2) is 8.82. The molecule has 0 aliphatic carbocycles. The number of carbonyl (C=O) groups excluding carboxylic acids is 2. The SMILES string of the molecule is CCCCNC(=O)c1cccc(C(=O)NC(C)c2ccccc2)n1. The zero-order chi connectivity index (χ0) is 17.4. The number of hydrogen-bond acceptors (Lipinski definition) is 3. The Bertz CT molecular complexity index is 686. The Morgan fingerprint density at radius 3 is 2.33 bits per heavy atom. The van der Waals surface area contributed by atoms with Crippen LogP contribution < -0.4 is 10.6 Å². The molecule has 0 aliphatic rings. The normalized spacial score (nSPS) is 11.6. The lowest BCUT2D eigenvalue weighted by Crippen LogP contribution is -2.29. The van der Waals surface area contributed by atoms with Crippen molar-refractivity contribution in [1.29, 1.82) is 0 Å². The van der Waals surface area contributed by atoms with E-state index in [-0.39, 0.29) is 29.2 Å². The lowest BCUT2D eigenvalue weighted by atomic mass is 10.1. The van der Waals surface area contributed by atoms with Crippen LogP contribution >= 0.6 is 0 Å². The maximum Gasteiger partial charge on any atom is 0.270 e. The number of carbonyl (C=O) groups is 2. The summed E-state index contributed by atoms with van der Waals surface area (Å²) in [5.41, 5.74) is 1.51. The first-order valence-electron chi connectivity index (χ1n) is 8.23. The Hall–Kier alpha value is -2.69. The van der Waals surface area contributed by atoms with Crippen LogP contribution in [0.15, 0.2) is 48.5 Å². The summed E-state index contributed by atoms with van der Waals surface area (Å²) in [6.45, 7) is 4.58. The summed E-state index contributed by atoms with van der Waals surface area (Å²) in [4.78, 5) is 28.6. The van der Waals surface area contributed by atoms with Gasteiger partial charge in [-0.3, -0.25) is 9.59 Å². The van der Waals surface area contributed by atoms with Crippen LogP contribution in [0, 0.1) is 0 Å². The molecule has 1 atom stereocenters. The quantitative estimate of drug-likeness (QED) is 0.768. The number of unbranched alkanes of at least 4 members (excludes halogenated alkanes) is 1. The van der Waals surface area contributed by atoms with Crippen molar-refractivity contribution >= 4 is 11.8 Å². The molecule has 24 heavy (non-hydrogen) atoms. The molecule has 0 spiro atoms. The smallest absolute Gasteiger partial charge is 0.270 e. The van der Waals surface area contributed by atoms with Crippen molar-refractivity contribution in [3.63, 3.8) is 0 Å². The van der Waals surface area contributed by atoms with Gasteiger partial charge in [-0.1, -0.05) is 49.7 Å². The first kappa shape index (κ1) is 17.7. The Balaban J connectivity index is 2.02. The molecule has 0 bridgehead atoms. The summed E-state index contributed by atoms with van der Waals surface area (Å²) in [5, 5.41) is 5.70. The van der Waals surface area contributed by atoms with Crippen molar-refractivity contribution < 1.29 is 9.59 Å². The minimum atomic E-state index is -0.297. The van der Waals surface area contributed by atoms with E-state index < -0.39 is 0 Å². The molecule has 1 unspecified atom stereocenters. The van der Waals surface area contributed by atoms with Gasteiger partial charge in [-0.25, -0.2) is 4.98 Å². The number of nitrogens with zero attached hydrogens (tertiary/aromatic N) is 1. The molecule has 2 amide bonds. The molecule has 5 heteroatoms. The summed E-state index contributed by atoms with van der Waals surface area (Å²) < 4.78 is 0. The molecule has 2 N–H and O–H groups in total. The van der Waals surface area contributed by atoms with Gasteiger partial charge in [0, 0.05) is 6.54 Å². The number of pyridine rings is 1. The predicted molar refractivity (Wildman–Crippen MR) is 93.8 cm³/mol. The minimum absolute atomic E-state index is 0.137. The predicted octanol–water partition coefficient (Wildman–Crippen LogP) is 3.10. The van der Waals surface area contributed by atoms with Crippen LogP contribution in [0.25, 0.3) is 0 Å². The van der Waals surface area contributed by atoms with E-state index in [1.165, 1.54) is 0 Å². The molecule has 0 saturated carbocycles. The Labute approximate surface area is 142 Å². The van der Waals surface area contributed by atoms with Crippen molar-refractivity contribution in [2.45, 2.75) is 32.7 Å². The van der Waals surface area contributed by atoms with E-state index in [0.29, 0.717) is 6.54 Å². The summed E-state index contributed by atoms with van der Waals surface area (Å²) in [6, 6.07) is 14.4. The van der Waals surface area contributed by atoms with E-state index >= 15 is 0 Å². The van der Waals surface area contributed by atoms with Gasteiger partial charge in [0.05, 0.1) is 6.04 Å². The van der Waals surface area contributed by atoms with Gasteiger partial charge in [-0.2, -0.15) is 0 Å². The highest BCUT2D eigenvalue weighted by Gasteiger charge is 2.14. The third-order valence-corrected chi connectivity index (χ3v) is 3.68. The highest BCUT2D eigenvalue weighted by atomic mass is 16.2. The van der Waals surface area contributed by atoms with Crippen molar-refractivity contribution in [2.24, 2.45) is 0 Å². The van der Waals surface area contributed by atoms with Crippen LogP contribution in [0.2, 0.25) is 0 Å². The number of benzene rings is 1. The molecule has 1 aromatic heterocycles. The van der Waals surface area contributed by atoms with Crippen LogP contribution in [0.4, 0.5) is 0 Å². The molecular formula is C19H23N3O2. The third kappa shape index (κ3) is 4.91. The Morgan fingerprint density at radius 2 is 1.67 bits per heavy atom. The summed E-state index contributed by atoms with van der Waals surface area (Å²) in [6.07, 6.45) is 1.92. The van der Waals surface area contributed by atoms with Crippen LogP contribution in [-0.2, 0) is 0 Å². The van der Waals surface area contributed by atoms with E-state index in [1.54, 1.807) is 18.2 Å². The lowest BCUT2D eigenvalue weighted by molar-refractivity contribution is 0.0933. The maximum atomic E-state index is 12.4. The van der Waals surface area contributed by atoms with Gasteiger partial charge < -0.3 is 10.6 Å². The topological polar surface area (TPSA) is 71.1 Å². The molecule has 0 radical (unpaired) electrons. The molecular weight excluding hydrogens is 302 g/mol. The fourth-order valence-corrected chi connectivity index (χ4v) is 2.25. The second-order valence-electron chi connectivity index (χ2n) is 5.62. The van der Waals surface area contributed by atoms with Gasteiger partial charge in [0.25, 0.3) is 11.8 Å². The minimum Gasteiger partial charge on any atom is -0.351 e. The molecule has 5 nitrogen and oxygen atoms in total. The fourth-order valence-electron chi connectivity index (χ4n) is 2.25. The molecule has 2 rings (SSSR count). The first-order chi connectivity index (χ1) is 11.6. The summed E-state index contributed by atoms with van der Waals surface area (Å²) in [7, 11) is 0. The molecule has 0 saturated heterocycles. The maximum absolute atomic E-state index is 12.4. The first-order valence-corrected chi connectivity index (χ1v) is 8.23. The number of nitrogens with one attached hydrogen (secondary N) is 2. The van der Waals surface area contributed by atoms with Gasteiger partial charge in [0.1, 0.15) is 11.4 Å². The second-order valence-corrected chi connectivity index (χ2v) is 5.62. The number of amides is 2. The number of rotatable bonds is 7. The van der Waals surface area contributed by atoms with Gasteiger partial charge >= 0.3 is 0 Å². The number of aromatic nitrogens is 1. The Morgan fingerprint density at radius 1 is 1.00 bits per heavy atom. The largest absolute Gasteiger partial charge is 0.351 e. The van der Waals surface area contributed by atoms with Crippen LogP contribution in [0.5, 0.6) is 0 Å². The average Bonchev–Trinajstić information content (AvgIpc) is 2.62. The third-order valence-electron chi connectivity index (χ3n) is 3.68. The van der Waals surface area contributed by atoms with Crippen LogP contribution in [0.1, 0.15) is 59.3 Å². The zero-order valence-corrected chi connectivity index (χ0v) is 14.1. The standard InChI is InChI=1S/C19H23N3O2/c1-3-4-13-20-18(23)16-11-8-12-17(22-16)19(24)21-14(2)15-9-6-5-7-10-15/h5-12,14H,3-4,13H2,1-2H3,(H,20,23)(H,21,24). The van der Waals surface area contributed by atoms with Crippen molar-refractivity contribution in [2.75, 3.05) is 6.54 Å². The van der Waals surface area contributed by atoms with Crippen LogP contribution in [-0.4, -0.2) is 23.3 Å². The van der Waals surface area contributed by atoms with Gasteiger partial charge in [-0.15, -0.1) is 0 Å². The molecule has 2 aromatic rings. The molecule has 126 valence electrons. The van der Waals surface area contributed by atoms with Crippen LogP contribution in [0.3, 0.4) is 0 Å². The fraction of sp³-hybridized carbons (Fsp3) is 0.316. The highest BCUT2D eigenvalue weighted by molar-refractivity contribution is 5.96. The van der Waals surface area contributed by atoms with E-state index in [1.807, 2.05) is 37.3 Å². The molecule has 0 fully saturated rings. The lowest BCUT2D eigenvalue weighted by Gasteiger charge is -2.14. The zero-order valence-electron chi connectivity index (χ0n) is 14.1. The van der Waals surface area contributed by atoms with Crippen molar-refractivity contribution in [3.05, 3.63) is 65.5 Å². The average molecular weight is 325 g/mol. The molecule has 0 aliphatic heterocycles. The highest BCUT2D eigenvalue weighted by Crippen LogP contribution is 2.12. The molecule has 1 heterocycles. The van der Waals surface area contributed by atoms with E-state index in [0.717, 1.165) is 18.4 Å². The summed E-state index contributed by atoms with van der Waals surface area (Å²) >= 11 is 0. The van der Waals surface area contributed by atoms with Crippen molar-refractivity contribution in [3.8, 4) is 0 Å². The van der Waals surface area contributed by atoms with Gasteiger partial charge in [-0.05, 0) is 31.0 Å². The van der Waals surface area contributed by atoms with E-state index in [4.69, 9.17) is 0 Å². The van der Waals surface area contributed by atoms with Gasteiger partial charge in [0.15, 0.2) is 0 Å². The summed E-state index contributed by atoms with van der Waals surface area (Å²) in [5.74, 6) is -0.552. The van der Waals surface area contributed by atoms with Crippen molar-refractivity contribution in [1.82, 2.24) is 15.6 Å². The Kier molecular flexibility index (Phi) is 6.49. The molecule has 1 aromatic carbocycles. The monoisotopic (exact) mass is 325 g/mol. The van der Waals surface area contributed by atoms with E-state index in [2.05, 4.69) is 22.5 Å². The van der Waals surface area contributed by atoms with E-state index in [9.17, 15) is 9.59 Å².